The standard InChI is InChI=1S/C39H54N10O3.CH2O2/c1-38(2,3)33-24-26(23-31(42-33)35(50)40-17-18-46(6)7)41-37(51)43-30-14-15-32(29-12-10-9-11-28(29)30)52-27-13-16-34-44-45-36(49(34)25-27)39(4,5)48-21-19-47(8)20-22-48;2-1-3/h9-13,16,23-25,30,32H,14-15,17-22H2,1-8H3,(H,40,50)(H2,41,42,43,51);1H,(H,2,3)/t30-,32+;/m0./s1. The Hall–Kier alpha value is -5.12. The van der Waals surface area contributed by atoms with Crippen molar-refractivity contribution in [1.29, 1.82) is 0 Å². The molecule has 0 spiro atoms. The van der Waals surface area contributed by atoms with E-state index in [1.54, 1.807) is 6.07 Å². The normalized spacial score (nSPS) is 17.8. The van der Waals surface area contributed by atoms with E-state index < -0.39 is 0 Å². The largest absolute Gasteiger partial charge is 0.484 e. The fourth-order valence-electron chi connectivity index (χ4n) is 6.96. The molecule has 0 radical (unpaired) electrons. The molecule has 1 saturated heterocycles. The predicted octanol–water partition coefficient (Wildman–Crippen LogP) is 4.67. The number of amides is 3. The molecule has 0 unspecified atom stereocenters. The van der Waals surface area contributed by atoms with Gasteiger partial charge >= 0.3 is 6.03 Å². The number of likely N-dealkylation sites (N-methyl/N-ethyl adjacent to an activating group) is 2. The second-order valence-electron chi connectivity index (χ2n) is 16.0. The Labute approximate surface area is 323 Å². The number of ether oxygens (including phenoxy) is 1. The molecule has 15 heteroatoms. The highest BCUT2D eigenvalue weighted by molar-refractivity contribution is 5.95. The molecule has 55 heavy (non-hydrogen) atoms. The van der Waals surface area contributed by atoms with Crippen LogP contribution in [0.5, 0.6) is 5.75 Å². The third-order valence-electron chi connectivity index (χ3n) is 10.2. The summed E-state index contributed by atoms with van der Waals surface area (Å²) in [6, 6.07) is 14.9. The fourth-order valence-corrected chi connectivity index (χ4v) is 6.96. The van der Waals surface area contributed by atoms with Gasteiger partial charge in [-0.25, -0.2) is 9.78 Å². The summed E-state index contributed by atoms with van der Waals surface area (Å²) in [6.45, 7) is 15.4. The SMILES string of the molecule is CN(C)CCNC(=O)c1cc(NC(=O)N[C@H]2CC[C@@H](Oc3ccc4nnc(C(C)(C)N5CCN(C)CC5)n4c3)c3ccccc32)cc(C(C)(C)C)n1.O=CO. The predicted molar refractivity (Wildman–Crippen MR) is 212 cm³/mol. The number of aromatic nitrogens is 4. The monoisotopic (exact) mass is 756 g/mol. The summed E-state index contributed by atoms with van der Waals surface area (Å²) in [7, 11) is 6.07. The van der Waals surface area contributed by atoms with Crippen molar-refractivity contribution in [3.05, 3.63) is 83.1 Å². The van der Waals surface area contributed by atoms with Crippen molar-refractivity contribution in [1.82, 2.24) is 44.9 Å². The van der Waals surface area contributed by atoms with Gasteiger partial charge in [0.2, 0.25) is 0 Å². The van der Waals surface area contributed by atoms with Crippen LogP contribution in [-0.4, -0.2) is 118 Å². The molecule has 2 aliphatic rings. The Morgan fingerprint density at radius 3 is 2.35 bits per heavy atom. The van der Waals surface area contributed by atoms with E-state index in [9.17, 15) is 9.59 Å². The van der Waals surface area contributed by atoms with Gasteiger partial charge in [0.1, 0.15) is 17.5 Å². The zero-order chi connectivity index (χ0) is 39.9. The summed E-state index contributed by atoms with van der Waals surface area (Å²) in [5.74, 6) is 1.35. The van der Waals surface area contributed by atoms with Gasteiger partial charge in [-0.1, -0.05) is 45.0 Å². The minimum atomic E-state index is -0.349. The number of hydrogen-bond acceptors (Lipinski definition) is 10. The van der Waals surface area contributed by atoms with Crippen molar-refractivity contribution < 1.29 is 24.2 Å². The first kappa shape index (κ1) is 41.1. The number of nitrogens with zero attached hydrogens (tertiary/aromatic N) is 7. The Balaban J connectivity index is 0.00000187. The topological polar surface area (TPSA) is 170 Å². The average molecular weight is 757 g/mol. The first-order chi connectivity index (χ1) is 26.1. The molecular formula is C40H56N10O5. The highest BCUT2D eigenvalue weighted by Gasteiger charge is 2.35. The first-order valence-corrected chi connectivity index (χ1v) is 18.8. The number of urea groups is 1. The summed E-state index contributed by atoms with van der Waals surface area (Å²) < 4.78 is 8.74. The molecule has 1 aliphatic carbocycles. The maximum Gasteiger partial charge on any atom is 0.319 e. The van der Waals surface area contributed by atoms with Crippen LogP contribution in [0.3, 0.4) is 0 Å². The lowest BCUT2D eigenvalue weighted by molar-refractivity contribution is -0.122. The molecule has 0 saturated carbocycles. The van der Waals surface area contributed by atoms with E-state index in [-0.39, 0.29) is 47.2 Å². The Kier molecular flexibility index (Phi) is 13.1. The Bertz CT molecular complexity index is 1950. The lowest BCUT2D eigenvalue weighted by Crippen LogP contribution is -2.52. The van der Waals surface area contributed by atoms with Gasteiger partial charge in [-0.3, -0.25) is 18.9 Å². The summed E-state index contributed by atoms with van der Waals surface area (Å²) >= 11 is 0. The van der Waals surface area contributed by atoms with Crippen molar-refractivity contribution in [3.8, 4) is 5.75 Å². The molecule has 296 valence electrons. The lowest BCUT2D eigenvalue weighted by atomic mass is 9.85. The van der Waals surface area contributed by atoms with E-state index in [4.69, 9.17) is 14.6 Å². The summed E-state index contributed by atoms with van der Waals surface area (Å²) in [5, 5.41) is 25.1. The van der Waals surface area contributed by atoms with Crippen LogP contribution in [0.2, 0.25) is 0 Å². The molecule has 15 nitrogen and oxygen atoms in total. The second kappa shape index (κ2) is 17.6. The van der Waals surface area contributed by atoms with E-state index in [2.05, 4.69) is 78.4 Å². The minimum Gasteiger partial charge on any atom is -0.484 e. The van der Waals surface area contributed by atoms with Crippen LogP contribution in [0.15, 0.2) is 54.7 Å². The molecule has 1 fully saturated rings. The number of rotatable bonds is 10. The van der Waals surface area contributed by atoms with Gasteiger partial charge in [0.05, 0.1) is 17.8 Å². The zero-order valence-corrected chi connectivity index (χ0v) is 33.3. The number of fused-ring (bicyclic) bond motifs is 2. The molecule has 1 aliphatic heterocycles. The van der Waals surface area contributed by atoms with Crippen LogP contribution in [0.25, 0.3) is 5.65 Å². The third kappa shape index (κ3) is 10.1. The molecule has 4 heterocycles. The number of anilines is 1. The van der Waals surface area contributed by atoms with Crippen LogP contribution < -0.4 is 20.7 Å². The maximum atomic E-state index is 13.5. The van der Waals surface area contributed by atoms with E-state index in [1.807, 2.05) is 76.3 Å². The van der Waals surface area contributed by atoms with Gasteiger partial charge in [-0.2, -0.15) is 0 Å². The van der Waals surface area contributed by atoms with E-state index in [0.29, 0.717) is 37.3 Å². The molecule has 0 bridgehead atoms. The first-order valence-electron chi connectivity index (χ1n) is 18.8. The number of pyridine rings is 2. The van der Waals surface area contributed by atoms with Gasteiger partial charge in [-0.05, 0) is 83.2 Å². The number of carboxylic acid groups (broad SMARTS) is 1. The quantitative estimate of drug-likeness (QED) is 0.166. The molecule has 4 N–H and O–H groups in total. The van der Waals surface area contributed by atoms with Crippen molar-refractivity contribution in [2.75, 3.05) is 65.7 Å². The number of benzene rings is 1. The number of piperazine rings is 1. The van der Waals surface area contributed by atoms with Crippen molar-refractivity contribution in [2.24, 2.45) is 0 Å². The smallest absolute Gasteiger partial charge is 0.319 e. The third-order valence-corrected chi connectivity index (χ3v) is 10.2. The van der Waals surface area contributed by atoms with Crippen molar-refractivity contribution >= 4 is 29.7 Å². The molecular weight excluding hydrogens is 701 g/mol. The zero-order valence-electron chi connectivity index (χ0n) is 33.3. The van der Waals surface area contributed by atoms with Gasteiger partial charge in [-0.15, -0.1) is 10.2 Å². The molecule has 4 aromatic rings. The number of carbonyl (C=O) groups excluding carboxylic acids is 2. The summed E-state index contributed by atoms with van der Waals surface area (Å²) in [4.78, 5) is 46.3. The second-order valence-corrected chi connectivity index (χ2v) is 16.0. The van der Waals surface area contributed by atoms with Crippen molar-refractivity contribution in [2.45, 2.75) is 70.6 Å². The van der Waals surface area contributed by atoms with E-state index in [1.165, 1.54) is 0 Å². The van der Waals surface area contributed by atoms with Crippen LogP contribution in [-0.2, 0) is 15.7 Å². The summed E-state index contributed by atoms with van der Waals surface area (Å²) in [5.41, 5.74) is 3.70. The van der Waals surface area contributed by atoms with Crippen LogP contribution in [0.1, 0.15) is 92.7 Å². The highest BCUT2D eigenvalue weighted by atomic mass is 16.5. The highest BCUT2D eigenvalue weighted by Crippen LogP contribution is 2.39. The maximum absolute atomic E-state index is 13.5. The molecule has 2 atom stereocenters. The van der Waals surface area contributed by atoms with Gasteiger partial charge in [0.15, 0.2) is 11.5 Å². The fraction of sp³-hybridized carbons (Fsp3) is 0.500. The van der Waals surface area contributed by atoms with E-state index in [0.717, 1.165) is 54.5 Å². The number of carbonyl (C=O) groups is 3. The molecule has 3 aromatic heterocycles. The van der Waals surface area contributed by atoms with Crippen molar-refractivity contribution in [3.63, 3.8) is 0 Å². The van der Waals surface area contributed by atoms with Crippen LogP contribution in [0, 0.1) is 0 Å². The summed E-state index contributed by atoms with van der Waals surface area (Å²) in [6.07, 6.45) is 3.21. The Morgan fingerprint density at radius 1 is 0.982 bits per heavy atom. The average Bonchev–Trinajstić information content (AvgIpc) is 3.57. The lowest BCUT2D eigenvalue weighted by Gasteiger charge is -2.42. The van der Waals surface area contributed by atoms with Crippen LogP contribution >= 0.6 is 0 Å². The molecule has 6 rings (SSSR count). The number of hydrogen-bond donors (Lipinski definition) is 4. The van der Waals surface area contributed by atoms with Gasteiger partial charge < -0.3 is 35.6 Å². The molecule has 1 aromatic carbocycles. The van der Waals surface area contributed by atoms with E-state index >= 15 is 0 Å². The number of nitrogens with one attached hydrogen (secondary N) is 3. The molecule has 3 amide bonds. The van der Waals surface area contributed by atoms with Crippen LogP contribution in [0.4, 0.5) is 10.5 Å². The minimum absolute atomic E-state index is 0.191. The van der Waals surface area contributed by atoms with Gasteiger partial charge in [0, 0.05) is 56.1 Å². The van der Waals surface area contributed by atoms with Gasteiger partial charge in [0.25, 0.3) is 12.4 Å². The Morgan fingerprint density at radius 2 is 1.67 bits per heavy atom.